The minimum absolute atomic E-state index is 0.00226. The van der Waals surface area contributed by atoms with Gasteiger partial charge < -0.3 is 15.2 Å². The number of carbonyl (C=O) groups excluding carboxylic acids is 1. The highest BCUT2D eigenvalue weighted by molar-refractivity contribution is 6.31. The van der Waals surface area contributed by atoms with Crippen molar-refractivity contribution < 1.29 is 14.6 Å². The van der Waals surface area contributed by atoms with Crippen molar-refractivity contribution in [1.82, 2.24) is 10.3 Å². The summed E-state index contributed by atoms with van der Waals surface area (Å²) in [6, 6.07) is 17.6. The first-order valence-electron chi connectivity index (χ1n) is 13.0. The lowest BCUT2D eigenvalue weighted by Gasteiger charge is -2.48. The summed E-state index contributed by atoms with van der Waals surface area (Å²) in [5.74, 6) is 0.687. The number of pyridine rings is 1. The van der Waals surface area contributed by atoms with Crippen molar-refractivity contribution in [2.45, 2.75) is 51.0 Å². The average Bonchev–Trinajstić information content (AvgIpc) is 3.21. The van der Waals surface area contributed by atoms with Gasteiger partial charge in [0.1, 0.15) is 0 Å². The van der Waals surface area contributed by atoms with Gasteiger partial charge in [-0.15, -0.1) is 0 Å². The Hall–Kier alpha value is -2.60. The predicted octanol–water partition coefficient (Wildman–Crippen LogP) is 6.62. The van der Waals surface area contributed by atoms with Crippen LogP contribution in [-0.4, -0.2) is 35.3 Å². The van der Waals surface area contributed by atoms with Crippen LogP contribution >= 0.6 is 23.2 Å². The maximum Gasteiger partial charge on any atom is 0.226 e. The number of carbonyl (C=O) groups is 1. The minimum atomic E-state index is -0.505. The molecule has 1 aliphatic heterocycles. The van der Waals surface area contributed by atoms with Crippen molar-refractivity contribution in [2.24, 2.45) is 11.3 Å². The van der Waals surface area contributed by atoms with E-state index in [0.717, 1.165) is 41.5 Å². The van der Waals surface area contributed by atoms with Crippen LogP contribution in [0.25, 0.3) is 11.1 Å². The van der Waals surface area contributed by atoms with Gasteiger partial charge in [0, 0.05) is 33.8 Å². The number of fused-ring (bicyclic) bond motifs is 1. The Labute approximate surface area is 228 Å². The first-order valence-corrected chi connectivity index (χ1v) is 13.7. The Bertz CT molecular complexity index is 1260. The Kier molecular flexibility index (Phi) is 7.49. The lowest BCUT2D eigenvalue weighted by molar-refractivity contribution is -0.131. The second-order valence-electron chi connectivity index (χ2n) is 10.1. The molecule has 0 bridgehead atoms. The molecule has 1 amide bonds. The molecule has 5 atom stereocenters. The summed E-state index contributed by atoms with van der Waals surface area (Å²) in [6.07, 6.45) is 4.11. The molecule has 2 aliphatic rings. The summed E-state index contributed by atoms with van der Waals surface area (Å²) < 4.78 is 5.46. The molecule has 1 saturated heterocycles. The van der Waals surface area contributed by atoms with E-state index in [9.17, 15) is 9.90 Å². The molecule has 1 aromatic heterocycles. The lowest BCUT2D eigenvalue weighted by atomic mass is 9.54. The number of benzene rings is 2. The predicted molar refractivity (Wildman–Crippen MR) is 147 cm³/mol. The fraction of sp³-hybridized carbons (Fsp3) is 0.400. The molecule has 1 saturated carbocycles. The van der Waals surface area contributed by atoms with E-state index in [1.165, 1.54) is 0 Å². The van der Waals surface area contributed by atoms with Gasteiger partial charge in [0.05, 0.1) is 24.7 Å². The zero-order valence-electron chi connectivity index (χ0n) is 21.1. The van der Waals surface area contributed by atoms with Gasteiger partial charge in [0.25, 0.3) is 0 Å². The van der Waals surface area contributed by atoms with Gasteiger partial charge in [-0.2, -0.15) is 0 Å². The molecule has 5 rings (SSSR count). The van der Waals surface area contributed by atoms with Crippen LogP contribution in [0.15, 0.2) is 60.8 Å². The van der Waals surface area contributed by atoms with Crippen LogP contribution in [-0.2, 0) is 4.79 Å². The standard InChI is InChI=1S/C30H32Cl2N2O3/c1-3-30-14-13-23(22-11-7-19(15-24(22)32)20-8-12-26(33-16-20)37-4-2)27(18-5-9-21(31)10-6-18)28(30)25(17-35)34-29(30)36/h5-12,15-16,23,25,27-28,35H,3-4,13-14,17H2,1-2H3,(H,34,36)/t23-,25+,27-,28-,30+/m0/s1. The molecule has 37 heavy (non-hydrogen) atoms. The Balaban J connectivity index is 1.56. The topological polar surface area (TPSA) is 71.5 Å². The minimum Gasteiger partial charge on any atom is -0.478 e. The number of nitrogens with zero attached hydrogens (tertiary/aromatic N) is 1. The molecular weight excluding hydrogens is 507 g/mol. The van der Waals surface area contributed by atoms with Crippen molar-refractivity contribution in [1.29, 1.82) is 0 Å². The van der Waals surface area contributed by atoms with Crippen molar-refractivity contribution in [3.8, 4) is 17.0 Å². The number of halogens is 2. The van der Waals surface area contributed by atoms with Crippen LogP contribution in [0.4, 0.5) is 0 Å². The molecule has 1 aliphatic carbocycles. The highest BCUT2D eigenvalue weighted by Crippen LogP contribution is 2.60. The van der Waals surface area contributed by atoms with Gasteiger partial charge in [-0.3, -0.25) is 4.79 Å². The van der Waals surface area contributed by atoms with Gasteiger partial charge in [0.2, 0.25) is 11.8 Å². The van der Waals surface area contributed by atoms with E-state index in [1.54, 1.807) is 6.20 Å². The number of aliphatic hydroxyl groups is 1. The average molecular weight is 540 g/mol. The molecule has 2 heterocycles. The third kappa shape index (κ3) is 4.62. The Morgan fingerprint density at radius 2 is 1.84 bits per heavy atom. The van der Waals surface area contributed by atoms with Crippen LogP contribution in [0.5, 0.6) is 5.88 Å². The summed E-state index contributed by atoms with van der Waals surface area (Å²) >= 11 is 13.2. The number of nitrogens with one attached hydrogen (secondary N) is 1. The van der Waals surface area contributed by atoms with Crippen LogP contribution in [0.3, 0.4) is 0 Å². The maximum absolute atomic E-state index is 13.3. The monoisotopic (exact) mass is 538 g/mol. The number of amides is 1. The fourth-order valence-electron chi connectivity index (χ4n) is 6.65. The number of hydrogen-bond acceptors (Lipinski definition) is 4. The molecule has 2 aromatic carbocycles. The summed E-state index contributed by atoms with van der Waals surface area (Å²) in [7, 11) is 0. The first kappa shape index (κ1) is 26.0. The van der Waals surface area contributed by atoms with E-state index in [4.69, 9.17) is 27.9 Å². The molecule has 0 radical (unpaired) electrons. The van der Waals surface area contributed by atoms with Gasteiger partial charge >= 0.3 is 0 Å². The SMILES string of the molecule is CCOc1ccc(-c2ccc([C@@H]3CC[C@@]4(CC)C(=O)N[C@H](CO)[C@H]4[C@H]3c3ccc(Cl)cc3)c(Cl)c2)cn1. The third-order valence-corrected chi connectivity index (χ3v) is 8.99. The summed E-state index contributed by atoms with van der Waals surface area (Å²) in [5, 5.41) is 14.8. The Morgan fingerprint density at radius 1 is 1.08 bits per heavy atom. The van der Waals surface area contributed by atoms with Crippen LogP contribution in [0.1, 0.15) is 56.1 Å². The number of rotatable bonds is 7. The summed E-state index contributed by atoms with van der Waals surface area (Å²) in [6.45, 7) is 4.49. The molecular formula is C30H32Cl2N2O3. The summed E-state index contributed by atoms with van der Waals surface area (Å²) in [4.78, 5) is 17.6. The van der Waals surface area contributed by atoms with Crippen LogP contribution in [0, 0.1) is 11.3 Å². The molecule has 194 valence electrons. The highest BCUT2D eigenvalue weighted by Gasteiger charge is 2.60. The van der Waals surface area contributed by atoms with E-state index in [0.29, 0.717) is 22.5 Å². The van der Waals surface area contributed by atoms with Crippen molar-refractivity contribution in [3.05, 3.63) is 82.0 Å². The zero-order valence-corrected chi connectivity index (χ0v) is 22.6. The first-order chi connectivity index (χ1) is 17.9. The van der Waals surface area contributed by atoms with Crippen LogP contribution < -0.4 is 10.1 Å². The van der Waals surface area contributed by atoms with E-state index in [2.05, 4.69) is 41.5 Å². The second-order valence-corrected chi connectivity index (χ2v) is 10.9. The van der Waals surface area contributed by atoms with Crippen molar-refractivity contribution in [2.75, 3.05) is 13.2 Å². The molecule has 0 unspecified atom stereocenters. The van der Waals surface area contributed by atoms with E-state index >= 15 is 0 Å². The molecule has 5 nitrogen and oxygen atoms in total. The van der Waals surface area contributed by atoms with Gasteiger partial charge in [0.15, 0.2) is 0 Å². The molecule has 0 spiro atoms. The van der Waals surface area contributed by atoms with Crippen molar-refractivity contribution >= 4 is 29.1 Å². The molecule has 2 fully saturated rings. The van der Waals surface area contributed by atoms with Crippen LogP contribution in [0.2, 0.25) is 10.0 Å². The normalized spacial score (nSPS) is 27.0. The zero-order chi connectivity index (χ0) is 26.2. The van der Waals surface area contributed by atoms with E-state index in [-0.39, 0.29) is 36.3 Å². The number of aliphatic hydroxyl groups excluding tert-OH is 1. The van der Waals surface area contributed by atoms with Crippen molar-refractivity contribution in [3.63, 3.8) is 0 Å². The third-order valence-electron chi connectivity index (χ3n) is 8.41. The largest absolute Gasteiger partial charge is 0.478 e. The number of aromatic nitrogens is 1. The molecule has 3 aromatic rings. The van der Waals surface area contributed by atoms with E-state index in [1.807, 2.05) is 37.3 Å². The van der Waals surface area contributed by atoms with Gasteiger partial charge in [-0.05, 0) is 79.0 Å². The van der Waals surface area contributed by atoms with E-state index < -0.39 is 5.41 Å². The number of hydrogen-bond donors (Lipinski definition) is 2. The lowest BCUT2D eigenvalue weighted by Crippen LogP contribution is -2.45. The second kappa shape index (κ2) is 10.6. The van der Waals surface area contributed by atoms with Gasteiger partial charge in [-0.1, -0.05) is 54.4 Å². The Morgan fingerprint density at radius 3 is 2.46 bits per heavy atom. The summed E-state index contributed by atoms with van der Waals surface area (Å²) in [5.41, 5.74) is 3.62. The highest BCUT2D eigenvalue weighted by atomic mass is 35.5. The smallest absolute Gasteiger partial charge is 0.226 e. The molecule has 2 N–H and O–H groups in total. The molecule has 7 heteroatoms. The number of ether oxygens (including phenoxy) is 1. The fourth-order valence-corrected chi connectivity index (χ4v) is 7.10. The van der Waals surface area contributed by atoms with Gasteiger partial charge in [-0.25, -0.2) is 4.98 Å². The quantitative estimate of drug-likeness (QED) is 0.354. The maximum atomic E-state index is 13.3.